The average molecular weight is 373 g/mol. The standard InChI is InChI=1S/C19H23N3O5/c1-12(13-5-6-14-15(9-13)27-11-26-14)20-16(23)10-22-17(24)19(21-18(22)25)7-3-2-4-8-19/h5-6,9,12H,2-4,7-8,10-11H2,1H3,(H,20,23)(H,21,25)/t12-/m0/s1. The van der Waals surface area contributed by atoms with Crippen molar-refractivity contribution >= 4 is 17.8 Å². The molecule has 1 aromatic carbocycles. The highest BCUT2D eigenvalue weighted by molar-refractivity contribution is 6.09. The van der Waals surface area contributed by atoms with Gasteiger partial charge in [0, 0.05) is 0 Å². The van der Waals surface area contributed by atoms with Gasteiger partial charge in [0.25, 0.3) is 5.91 Å². The van der Waals surface area contributed by atoms with E-state index in [9.17, 15) is 14.4 Å². The van der Waals surface area contributed by atoms with Crippen LogP contribution in [0.25, 0.3) is 0 Å². The molecule has 144 valence electrons. The molecule has 1 aliphatic carbocycles. The van der Waals surface area contributed by atoms with Crippen LogP contribution >= 0.6 is 0 Å². The van der Waals surface area contributed by atoms with Crippen LogP contribution in [0.15, 0.2) is 18.2 Å². The minimum absolute atomic E-state index is 0.188. The number of benzene rings is 1. The van der Waals surface area contributed by atoms with E-state index in [0.717, 1.165) is 29.7 Å². The third-order valence-corrected chi connectivity index (χ3v) is 5.53. The maximum absolute atomic E-state index is 12.7. The Labute approximate surface area is 157 Å². The molecule has 1 spiro atoms. The maximum atomic E-state index is 12.7. The number of imide groups is 1. The second-order valence-corrected chi connectivity index (χ2v) is 7.37. The Bertz CT molecular complexity index is 788. The first-order valence-corrected chi connectivity index (χ1v) is 9.31. The molecular weight excluding hydrogens is 350 g/mol. The molecule has 1 atom stereocenters. The number of hydrogen-bond acceptors (Lipinski definition) is 5. The van der Waals surface area contributed by atoms with Crippen molar-refractivity contribution < 1.29 is 23.9 Å². The van der Waals surface area contributed by atoms with Gasteiger partial charge in [-0.1, -0.05) is 25.3 Å². The number of carbonyl (C=O) groups is 3. The van der Waals surface area contributed by atoms with E-state index in [1.807, 2.05) is 19.1 Å². The maximum Gasteiger partial charge on any atom is 0.325 e. The first-order chi connectivity index (χ1) is 13.0. The van der Waals surface area contributed by atoms with Crippen molar-refractivity contribution in [1.82, 2.24) is 15.5 Å². The van der Waals surface area contributed by atoms with Crippen molar-refractivity contribution in [3.63, 3.8) is 0 Å². The van der Waals surface area contributed by atoms with Gasteiger partial charge in [-0.25, -0.2) is 4.79 Å². The predicted molar refractivity (Wildman–Crippen MR) is 95.2 cm³/mol. The van der Waals surface area contributed by atoms with Crippen molar-refractivity contribution in [1.29, 1.82) is 0 Å². The molecule has 0 bridgehead atoms. The van der Waals surface area contributed by atoms with Gasteiger partial charge in [0.2, 0.25) is 12.7 Å². The van der Waals surface area contributed by atoms with E-state index in [4.69, 9.17) is 9.47 Å². The molecule has 1 saturated heterocycles. The van der Waals surface area contributed by atoms with Crippen molar-refractivity contribution in [3.05, 3.63) is 23.8 Å². The smallest absolute Gasteiger partial charge is 0.325 e. The summed E-state index contributed by atoms with van der Waals surface area (Å²) in [5.74, 6) is 0.658. The lowest BCUT2D eigenvalue weighted by Gasteiger charge is -2.30. The summed E-state index contributed by atoms with van der Waals surface area (Å²) in [7, 11) is 0. The molecule has 4 amide bonds. The Kier molecular flexibility index (Phi) is 4.41. The van der Waals surface area contributed by atoms with E-state index < -0.39 is 11.6 Å². The molecule has 0 radical (unpaired) electrons. The highest BCUT2D eigenvalue weighted by Gasteiger charge is 2.51. The third-order valence-electron chi connectivity index (χ3n) is 5.53. The zero-order valence-corrected chi connectivity index (χ0v) is 15.2. The average Bonchev–Trinajstić information content (AvgIpc) is 3.21. The summed E-state index contributed by atoms with van der Waals surface area (Å²) in [6.45, 7) is 1.75. The van der Waals surface area contributed by atoms with Gasteiger partial charge in [-0.15, -0.1) is 0 Å². The van der Waals surface area contributed by atoms with Gasteiger partial charge in [-0.05, 0) is 37.5 Å². The van der Waals surface area contributed by atoms with E-state index in [-0.39, 0.29) is 31.2 Å². The van der Waals surface area contributed by atoms with E-state index >= 15 is 0 Å². The van der Waals surface area contributed by atoms with Crippen LogP contribution in [0.1, 0.15) is 50.6 Å². The predicted octanol–water partition coefficient (Wildman–Crippen LogP) is 1.85. The Balaban J connectivity index is 1.39. The molecule has 3 aliphatic rings. The van der Waals surface area contributed by atoms with Gasteiger partial charge in [0.05, 0.1) is 6.04 Å². The largest absolute Gasteiger partial charge is 0.454 e. The second-order valence-electron chi connectivity index (χ2n) is 7.37. The normalized spacial score (nSPS) is 21.3. The van der Waals surface area contributed by atoms with Crippen LogP contribution in [-0.2, 0) is 9.59 Å². The van der Waals surface area contributed by atoms with Crippen molar-refractivity contribution in [2.24, 2.45) is 0 Å². The van der Waals surface area contributed by atoms with Gasteiger partial charge < -0.3 is 20.1 Å². The van der Waals surface area contributed by atoms with Gasteiger partial charge in [-0.2, -0.15) is 0 Å². The SMILES string of the molecule is C[C@H](NC(=O)CN1C(=O)NC2(CCCCC2)C1=O)c1ccc2c(c1)OCO2. The summed E-state index contributed by atoms with van der Waals surface area (Å²) in [6, 6.07) is 4.69. The summed E-state index contributed by atoms with van der Waals surface area (Å²) in [4.78, 5) is 38.5. The van der Waals surface area contributed by atoms with Crippen LogP contribution in [0, 0.1) is 0 Å². The Hall–Kier alpha value is -2.77. The van der Waals surface area contributed by atoms with E-state index in [2.05, 4.69) is 10.6 Å². The number of fused-ring (bicyclic) bond motifs is 1. The Morgan fingerprint density at radius 3 is 2.74 bits per heavy atom. The van der Waals surface area contributed by atoms with Crippen LogP contribution in [0.5, 0.6) is 11.5 Å². The lowest BCUT2D eigenvalue weighted by molar-refractivity contribution is -0.136. The molecule has 4 rings (SSSR count). The van der Waals surface area contributed by atoms with Crippen LogP contribution < -0.4 is 20.1 Å². The van der Waals surface area contributed by atoms with Gasteiger partial charge >= 0.3 is 6.03 Å². The van der Waals surface area contributed by atoms with Crippen molar-refractivity contribution in [3.8, 4) is 11.5 Å². The zero-order valence-electron chi connectivity index (χ0n) is 15.2. The summed E-state index contributed by atoms with van der Waals surface area (Å²) >= 11 is 0. The fourth-order valence-electron chi connectivity index (χ4n) is 4.01. The highest BCUT2D eigenvalue weighted by Crippen LogP contribution is 2.35. The number of nitrogens with zero attached hydrogens (tertiary/aromatic N) is 1. The third kappa shape index (κ3) is 3.20. The summed E-state index contributed by atoms with van der Waals surface area (Å²) in [5.41, 5.74) is 0.0481. The zero-order chi connectivity index (χ0) is 19.0. The van der Waals surface area contributed by atoms with Crippen LogP contribution in [-0.4, -0.2) is 41.6 Å². The molecule has 8 nitrogen and oxygen atoms in total. The second kappa shape index (κ2) is 6.75. The molecule has 1 aromatic rings. The topological polar surface area (TPSA) is 97.0 Å². The van der Waals surface area contributed by atoms with Gasteiger partial charge in [-0.3, -0.25) is 14.5 Å². The number of rotatable bonds is 4. The number of ether oxygens (including phenoxy) is 2. The lowest BCUT2D eigenvalue weighted by Crippen LogP contribution is -2.49. The molecule has 2 N–H and O–H groups in total. The Morgan fingerprint density at radius 1 is 1.22 bits per heavy atom. The van der Waals surface area contributed by atoms with E-state index in [1.54, 1.807) is 6.07 Å². The van der Waals surface area contributed by atoms with Crippen LogP contribution in [0.4, 0.5) is 4.79 Å². The number of amides is 4. The molecule has 2 heterocycles. The van der Waals surface area contributed by atoms with E-state index in [1.165, 1.54) is 0 Å². The molecule has 2 fully saturated rings. The highest BCUT2D eigenvalue weighted by atomic mass is 16.7. The van der Waals surface area contributed by atoms with Crippen LogP contribution in [0.3, 0.4) is 0 Å². The van der Waals surface area contributed by atoms with Crippen LogP contribution in [0.2, 0.25) is 0 Å². The number of urea groups is 1. The number of nitrogens with one attached hydrogen (secondary N) is 2. The minimum Gasteiger partial charge on any atom is -0.454 e. The van der Waals surface area contributed by atoms with Crippen molar-refractivity contribution in [2.45, 2.75) is 50.6 Å². The number of carbonyl (C=O) groups excluding carboxylic acids is 3. The number of hydrogen-bond donors (Lipinski definition) is 2. The van der Waals surface area contributed by atoms with Gasteiger partial charge in [0.1, 0.15) is 12.1 Å². The molecule has 2 aliphatic heterocycles. The molecular formula is C19H23N3O5. The van der Waals surface area contributed by atoms with Crippen molar-refractivity contribution in [2.75, 3.05) is 13.3 Å². The molecule has 27 heavy (non-hydrogen) atoms. The monoisotopic (exact) mass is 373 g/mol. The summed E-state index contributed by atoms with van der Waals surface area (Å²) < 4.78 is 10.6. The first kappa shape index (κ1) is 17.6. The molecule has 0 unspecified atom stereocenters. The molecule has 0 aromatic heterocycles. The first-order valence-electron chi connectivity index (χ1n) is 9.31. The summed E-state index contributed by atoms with van der Waals surface area (Å²) in [6.07, 6.45) is 4.17. The fourth-order valence-corrected chi connectivity index (χ4v) is 4.01. The summed E-state index contributed by atoms with van der Waals surface area (Å²) in [5, 5.41) is 5.65. The lowest BCUT2D eigenvalue weighted by atomic mass is 9.82. The Morgan fingerprint density at radius 2 is 1.96 bits per heavy atom. The molecule has 1 saturated carbocycles. The minimum atomic E-state index is -0.807. The molecule has 8 heteroatoms. The van der Waals surface area contributed by atoms with Gasteiger partial charge in [0.15, 0.2) is 11.5 Å². The van der Waals surface area contributed by atoms with E-state index in [0.29, 0.717) is 24.3 Å². The quantitative estimate of drug-likeness (QED) is 0.785. The fraction of sp³-hybridized carbons (Fsp3) is 0.526.